The second-order valence-electron chi connectivity index (χ2n) is 5.32. The first kappa shape index (κ1) is 16.9. The van der Waals surface area contributed by atoms with E-state index in [9.17, 15) is 4.79 Å². The molecule has 0 bridgehead atoms. The number of carbonyl (C=O) groups excluding carboxylic acids is 1. The molecule has 0 aliphatic heterocycles. The molecule has 0 aromatic heterocycles. The molecule has 0 saturated heterocycles. The van der Waals surface area contributed by atoms with Gasteiger partial charge in [0.05, 0.1) is 11.8 Å². The highest BCUT2D eigenvalue weighted by atomic mass is 35.5. The van der Waals surface area contributed by atoms with Gasteiger partial charge in [-0.3, -0.25) is 4.79 Å². The van der Waals surface area contributed by atoms with E-state index in [1.165, 1.54) is 11.1 Å². The number of aryl methyl sites for hydroxylation is 1. The molecule has 22 heavy (non-hydrogen) atoms. The fourth-order valence-corrected chi connectivity index (χ4v) is 3.09. The van der Waals surface area contributed by atoms with Crippen molar-refractivity contribution >= 4 is 29.3 Å². The number of halogens is 1. The van der Waals surface area contributed by atoms with Gasteiger partial charge in [0.2, 0.25) is 5.91 Å². The van der Waals surface area contributed by atoms with E-state index in [0.717, 1.165) is 11.3 Å². The third-order valence-electron chi connectivity index (χ3n) is 3.33. The molecule has 0 unspecified atom stereocenters. The van der Waals surface area contributed by atoms with E-state index in [1.54, 1.807) is 11.8 Å². The molecular formula is C18H20ClNOS. The minimum atomic E-state index is -0.00987. The van der Waals surface area contributed by atoms with E-state index in [-0.39, 0.29) is 11.9 Å². The maximum atomic E-state index is 12.0. The van der Waals surface area contributed by atoms with Gasteiger partial charge in [0.1, 0.15) is 0 Å². The highest BCUT2D eigenvalue weighted by Crippen LogP contribution is 2.17. The van der Waals surface area contributed by atoms with Crippen molar-refractivity contribution in [2.24, 2.45) is 0 Å². The summed E-state index contributed by atoms with van der Waals surface area (Å²) >= 11 is 7.50. The van der Waals surface area contributed by atoms with Crippen LogP contribution in [0.4, 0.5) is 0 Å². The summed E-state index contributed by atoms with van der Waals surface area (Å²) in [7, 11) is 0. The third kappa shape index (κ3) is 5.39. The van der Waals surface area contributed by atoms with Gasteiger partial charge in [0.25, 0.3) is 0 Å². The average Bonchev–Trinajstić information content (AvgIpc) is 2.48. The molecule has 2 rings (SSSR count). The number of carbonyl (C=O) groups is 1. The first-order valence-corrected chi connectivity index (χ1v) is 8.76. The molecule has 0 saturated carbocycles. The second kappa shape index (κ2) is 8.25. The number of nitrogens with one attached hydrogen (secondary N) is 1. The summed E-state index contributed by atoms with van der Waals surface area (Å²) < 4.78 is 0. The van der Waals surface area contributed by atoms with E-state index in [0.29, 0.717) is 10.8 Å². The van der Waals surface area contributed by atoms with Gasteiger partial charge < -0.3 is 5.32 Å². The SMILES string of the molecule is Cc1cccc(CSCC(=O)N[C@@H](C)c2ccc(Cl)cc2)c1. The Morgan fingerprint density at radius 2 is 1.95 bits per heavy atom. The van der Waals surface area contributed by atoms with Crippen LogP contribution in [0, 0.1) is 6.92 Å². The standard InChI is InChI=1S/C18H20ClNOS/c1-13-4-3-5-15(10-13)11-22-12-18(21)20-14(2)16-6-8-17(19)9-7-16/h3-10,14H,11-12H2,1-2H3,(H,20,21)/t14-/m0/s1. The van der Waals surface area contributed by atoms with E-state index in [4.69, 9.17) is 11.6 Å². The summed E-state index contributed by atoms with van der Waals surface area (Å²) in [6.45, 7) is 4.06. The molecule has 2 aromatic rings. The number of hydrogen-bond acceptors (Lipinski definition) is 2. The lowest BCUT2D eigenvalue weighted by atomic mass is 10.1. The zero-order valence-corrected chi connectivity index (χ0v) is 14.4. The lowest BCUT2D eigenvalue weighted by molar-refractivity contribution is -0.119. The quantitative estimate of drug-likeness (QED) is 0.825. The van der Waals surface area contributed by atoms with Crippen LogP contribution in [-0.4, -0.2) is 11.7 Å². The number of benzene rings is 2. The summed E-state index contributed by atoms with van der Waals surface area (Å²) in [6.07, 6.45) is 0. The molecule has 0 spiro atoms. The highest BCUT2D eigenvalue weighted by Gasteiger charge is 2.09. The minimum absolute atomic E-state index is 0.00987. The monoisotopic (exact) mass is 333 g/mol. The number of rotatable bonds is 6. The predicted octanol–water partition coefficient (Wildman–Crippen LogP) is 4.76. The molecule has 1 amide bonds. The Kier molecular flexibility index (Phi) is 6.34. The van der Waals surface area contributed by atoms with Crippen LogP contribution in [0.3, 0.4) is 0 Å². The molecule has 0 fully saturated rings. The Labute approximate surface area is 141 Å². The van der Waals surface area contributed by atoms with Gasteiger partial charge in [0.15, 0.2) is 0 Å². The maximum Gasteiger partial charge on any atom is 0.230 e. The molecule has 0 heterocycles. The summed E-state index contributed by atoms with van der Waals surface area (Å²) in [5.74, 6) is 1.37. The van der Waals surface area contributed by atoms with Crippen LogP contribution in [0.5, 0.6) is 0 Å². The first-order chi connectivity index (χ1) is 10.5. The predicted molar refractivity (Wildman–Crippen MR) is 95.4 cm³/mol. The molecule has 0 radical (unpaired) electrons. The minimum Gasteiger partial charge on any atom is -0.349 e. The normalized spacial score (nSPS) is 12.0. The largest absolute Gasteiger partial charge is 0.349 e. The van der Waals surface area contributed by atoms with E-state index in [2.05, 4.69) is 30.4 Å². The Morgan fingerprint density at radius 3 is 2.64 bits per heavy atom. The van der Waals surface area contributed by atoms with Crippen LogP contribution in [0.15, 0.2) is 48.5 Å². The smallest absolute Gasteiger partial charge is 0.230 e. The highest BCUT2D eigenvalue weighted by molar-refractivity contribution is 7.99. The van der Waals surface area contributed by atoms with Gasteiger partial charge in [-0.25, -0.2) is 0 Å². The summed E-state index contributed by atoms with van der Waals surface area (Å²) in [5.41, 5.74) is 3.56. The maximum absolute atomic E-state index is 12.0. The van der Waals surface area contributed by atoms with Crippen molar-refractivity contribution in [2.45, 2.75) is 25.6 Å². The molecule has 1 N–H and O–H groups in total. The summed E-state index contributed by atoms with van der Waals surface area (Å²) in [4.78, 5) is 12.0. The molecule has 1 atom stereocenters. The lowest BCUT2D eigenvalue weighted by Crippen LogP contribution is -2.28. The van der Waals surface area contributed by atoms with Crippen molar-refractivity contribution in [3.05, 3.63) is 70.2 Å². The Morgan fingerprint density at radius 1 is 1.23 bits per heavy atom. The number of hydrogen-bond donors (Lipinski definition) is 1. The van der Waals surface area contributed by atoms with Gasteiger partial charge in [-0.15, -0.1) is 11.8 Å². The van der Waals surface area contributed by atoms with Gasteiger partial charge >= 0.3 is 0 Å². The van der Waals surface area contributed by atoms with Crippen molar-refractivity contribution in [1.82, 2.24) is 5.32 Å². The van der Waals surface area contributed by atoms with Crippen LogP contribution in [0.25, 0.3) is 0 Å². The zero-order valence-electron chi connectivity index (χ0n) is 12.8. The van der Waals surface area contributed by atoms with Crippen molar-refractivity contribution in [1.29, 1.82) is 0 Å². The van der Waals surface area contributed by atoms with Crippen LogP contribution in [-0.2, 0) is 10.5 Å². The van der Waals surface area contributed by atoms with E-state index < -0.39 is 0 Å². The second-order valence-corrected chi connectivity index (χ2v) is 6.74. The van der Waals surface area contributed by atoms with Crippen molar-refractivity contribution in [3.8, 4) is 0 Å². The van der Waals surface area contributed by atoms with Crippen LogP contribution < -0.4 is 5.32 Å². The molecule has 116 valence electrons. The van der Waals surface area contributed by atoms with Gasteiger partial charge in [-0.2, -0.15) is 0 Å². The zero-order chi connectivity index (χ0) is 15.9. The van der Waals surface area contributed by atoms with Crippen LogP contribution >= 0.6 is 23.4 Å². The van der Waals surface area contributed by atoms with Crippen molar-refractivity contribution in [2.75, 3.05) is 5.75 Å². The topological polar surface area (TPSA) is 29.1 Å². The van der Waals surface area contributed by atoms with E-state index in [1.807, 2.05) is 37.3 Å². The van der Waals surface area contributed by atoms with Crippen LogP contribution in [0.2, 0.25) is 5.02 Å². The average molecular weight is 334 g/mol. The number of thioether (sulfide) groups is 1. The molecule has 0 aliphatic rings. The molecule has 0 aliphatic carbocycles. The fourth-order valence-electron chi connectivity index (χ4n) is 2.18. The molecular weight excluding hydrogens is 314 g/mol. The number of amides is 1. The van der Waals surface area contributed by atoms with Crippen LogP contribution in [0.1, 0.15) is 29.7 Å². The molecule has 2 nitrogen and oxygen atoms in total. The van der Waals surface area contributed by atoms with Gasteiger partial charge in [0, 0.05) is 10.8 Å². The first-order valence-electron chi connectivity index (χ1n) is 7.22. The molecule has 2 aromatic carbocycles. The molecule has 4 heteroatoms. The Hall–Kier alpha value is -1.45. The lowest BCUT2D eigenvalue weighted by Gasteiger charge is -2.14. The third-order valence-corrected chi connectivity index (χ3v) is 4.59. The van der Waals surface area contributed by atoms with E-state index >= 15 is 0 Å². The fraction of sp³-hybridized carbons (Fsp3) is 0.278. The van der Waals surface area contributed by atoms with Gasteiger partial charge in [-0.05, 0) is 37.1 Å². The van der Waals surface area contributed by atoms with Crippen molar-refractivity contribution < 1.29 is 4.79 Å². The summed E-state index contributed by atoms with van der Waals surface area (Å²) in [5, 5.41) is 3.72. The summed E-state index contributed by atoms with van der Waals surface area (Å²) in [6, 6.07) is 15.9. The van der Waals surface area contributed by atoms with Crippen molar-refractivity contribution in [3.63, 3.8) is 0 Å². The van der Waals surface area contributed by atoms with Gasteiger partial charge in [-0.1, -0.05) is 53.6 Å². The Balaban J connectivity index is 1.76. The Bertz CT molecular complexity index is 627.